The van der Waals surface area contributed by atoms with E-state index in [1.165, 1.54) is 0 Å². The number of ketones is 1. The zero-order valence-electron chi connectivity index (χ0n) is 27.4. The number of ether oxygens (including phenoxy) is 4. The molecule has 3 saturated heterocycles. The second-order valence-electron chi connectivity index (χ2n) is 14.2. The van der Waals surface area contributed by atoms with Crippen LogP contribution in [0.4, 0.5) is 0 Å². The lowest BCUT2D eigenvalue weighted by atomic mass is 9.79. The van der Waals surface area contributed by atoms with Crippen LogP contribution in [0.15, 0.2) is 0 Å². The van der Waals surface area contributed by atoms with Crippen LogP contribution in [0.25, 0.3) is 0 Å². The average molecular weight is 584 g/mol. The van der Waals surface area contributed by atoms with Crippen LogP contribution in [-0.2, 0) is 28.5 Å². The van der Waals surface area contributed by atoms with Crippen molar-refractivity contribution >= 4 is 11.8 Å². The van der Waals surface area contributed by atoms with Crippen molar-refractivity contribution in [1.82, 2.24) is 14.7 Å². The van der Waals surface area contributed by atoms with E-state index >= 15 is 0 Å². The van der Waals surface area contributed by atoms with E-state index in [-0.39, 0.29) is 42.9 Å². The van der Waals surface area contributed by atoms with Crippen molar-refractivity contribution in [1.29, 1.82) is 0 Å². The molecule has 41 heavy (non-hydrogen) atoms. The molecular formula is C31H57N3O7. The normalized spacial score (nSPS) is 39.1. The molecule has 238 valence electrons. The van der Waals surface area contributed by atoms with Gasteiger partial charge in [0.1, 0.15) is 18.1 Å². The number of aliphatic hydroxyl groups excluding tert-OH is 1. The first-order valence-corrected chi connectivity index (χ1v) is 15.4. The van der Waals surface area contributed by atoms with Crippen LogP contribution in [-0.4, -0.2) is 134 Å². The first-order chi connectivity index (χ1) is 19.0. The Hall–Kier alpha value is -1.14. The maximum absolute atomic E-state index is 13.8. The van der Waals surface area contributed by atoms with Crippen molar-refractivity contribution in [3.63, 3.8) is 0 Å². The lowest BCUT2D eigenvalue weighted by Gasteiger charge is -2.48. The first kappa shape index (κ1) is 34.4. The molecule has 1 unspecified atom stereocenters. The second kappa shape index (κ2) is 13.7. The van der Waals surface area contributed by atoms with Gasteiger partial charge in [0.15, 0.2) is 12.1 Å². The number of rotatable bonds is 6. The summed E-state index contributed by atoms with van der Waals surface area (Å²) in [7, 11) is 7.58. The third kappa shape index (κ3) is 7.88. The van der Waals surface area contributed by atoms with Crippen molar-refractivity contribution < 1.29 is 33.6 Å². The Morgan fingerprint density at radius 1 is 1.10 bits per heavy atom. The Morgan fingerprint density at radius 2 is 1.73 bits per heavy atom. The Labute approximate surface area is 248 Å². The lowest BCUT2D eigenvalue weighted by Crippen LogP contribution is -2.60. The summed E-state index contributed by atoms with van der Waals surface area (Å²) in [5, 5.41) is 11.2. The van der Waals surface area contributed by atoms with Crippen molar-refractivity contribution in [3.05, 3.63) is 0 Å². The highest BCUT2D eigenvalue weighted by atomic mass is 16.7. The van der Waals surface area contributed by atoms with E-state index in [1.54, 1.807) is 21.0 Å². The molecule has 0 aromatic rings. The van der Waals surface area contributed by atoms with Gasteiger partial charge in [-0.25, -0.2) is 0 Å². The summed E-state index contributed by atoms with van der Waals surface area (Å²) < 4.78 is 24.6. The van der Waals surface area contributed by atoms with Crippen LogP contribution in [0.3, 0.4) is 0 Å². The molecule has 0 amide bonds. The van der Waals surface area contributed by atoms with E-state index in [9.17, 15) is 14.7 Å². The zero-order valence-corrected chi connectivity index (χ0v) is 27.4. The van der Waals surface area contributed by atoms with E-state index in [2.05, 4.69) is 37.6 Å². The Kier molecular flexibility index (Phi) is 11.4. The maximum atomic E-state index is 13.8. The van der Waals surface area contributed by atoms with Crippen LogP contribution >= 0.6 is 0 Å². The molecule has 3 rings (SSSR count). The van der Waals surface area contributed by atoms with Gasteiger partial charge in [-0.05, 0) is 81.4 Å². The lowest BCUT2D eigenvalue weighted by molar-refractivity contribution is -0.289. The third-order valence-electron chi connectivity index (χ3n) is 9.82. The minimum atomic E-state index is -1.37. The quantitative estimate of drug-likeness (QED) is 0.371. The number of hydrogen-bond acceptors (Lipinski definition) is 10. The van der Waals surface area contributed by atoms with Crippen molar-refractivity contribution in [2.45, 2.75) is 116 Å². The van der Waals surface area contributed by atoms with Gasteiger partial charge in [-0.2, -0.15) is 0 Å². The predicted octanol–water partition coefficient (Wildman–Crippen LogP) is 2.41. The highest BCUT2D eigenvalue weighted by Crippen LogP contribution is 2.36. The predicted molar refractivity (Wildman–Crippen MR) is 157 cm³/mol. The van der Waals surface area contributed by atoms with E-state index in [0.29, 0.717) is 24.8 Å². The summed E-state index contributed by atoms with van der Waals surface area (Å²) in [5.41, 5.74) is -2.24. The molecule has 3 heterocycles. The summed E-state index contributed by atoms with van der Waals surface area (Å²) in [6.45, 7) is 16.7. The molecule has 10 heteroatoms. The molecule has 3 aliphatic rings. The van der Waals surface area contributed by atoms with Crippen molar-refractivity contribution in [3.8, 4) is 0 Å². The smallest absolute Gasteiger partial charge is 0.319 e. The minimum Gasteiger partial charge on any atom is -0.463 e. The molecule has 10 nitrogen and oxygen atoms in total. The van der Waals surface area contributed by atoms with Crippen LogP contribution in [0.1, 0.15) is 67.7 Å². The van der Waals surface area contributed by atoms with Crippen molar-refractivity contribution in [2.75, 3.05) is 54.5 Å². The number of Topliss-reactive ketones (excluding diaryl/α,β-unsaturated/α-hetero) is 1. The summed E-state index contributed by atoms with van der Waals surface area (Å²) in [6.07, 6.45) is -1.52. The Bertz CT molecular complexity index is 893. The highest BCUT2D eigenvalue weighted by Gasteiger charge is 2.48. The second-order valence-corrected chi connectivity index (χ2v) is 14.2. The molecule has 0 radical (unpaired) electrons. The van der Waals surface area contributed by atoms with E-state index < -0.39 is 35.5 Å². The van der Waals surface area contributed by atoms with Crippen LogP contribution in [0.2, 0.25) is 0 Å². The number of esters is 1. The summed E-state index contributed by atoms with van der Waals surface area (Å²) in [4.78, 5) is 33.9. The van der Waals surface area contributed by atoms with Gasteiger partial charge < -0.3 is 33.9 Å². The monoisotopic (exact) mass is 583 g/mol. The van der Waals surface area contributed by atoms with Gasteiger partial charge in [0.2, 0.25) is 0 Å². The molecule has 0 aromatic heterocycles. The van der Waals surface area contributed by atoms with Gasteiger partial charge in [-0.1, -0.05) is 6.92 Å². The average Bonchev–Trinajstić information content (AvgIpc) is 2.85. The molecule has 0 spiro atoms. The van der Waals surface area contributed by atoms with Gasteiger partial charge in [-0.3, -0.25) is 14.5 Å². The number of methoxy groups -OCH3 is 1. The number of cyclic esters (lactones) is 1. The molecular weight excluding hydrogens is 526 g/mol. The summed E-state index contributed by atoms with van der Waals surface area (Å²) in [6, 6.07) is 0.377. The van der Waals surface area contributed by atoms with Gasteiger partial charge in [-0.15, -0.1) is 0 Å². The topological polar surface area (TPSA) is 101 Å². The Morgan fingerprint density at radius 3 is 2.29 bits per heavy atom. The molecule has 3 fully saturated rings. The number of carbonyl (C=O) groups excluding carboxylic acids is 2. The van der Waals surface area contributed by atoms with E-state index in [4.69, 9.17) is 18.9 Å². The molecule has 0 saturated carbocycles. The third-order valence-corrected chi connectivity index (χ3v) is 9.82. The summed E-state index contributed by atoms with van der Waals surface area (Å²) in [5.74, 6) is -0.246. The Balaban J connectivity index is 1.91. The van der Waals surface area contributed by atoms with Crippen LogP contribution < -0.4 is 0 Å². The van der Waals surface area contributed by atoms with Gasteiger partial charge >= 0.3 is 5.97 Å². The molecule has 0 aliphatic carbocycles. The number of aliphatic hydroxyl groups is 1. The van der Waals surface area contributed by atoms with Crippen molar-refractivity contribution in [2.24, 2.45) is 17.3 Å². The molecule has 8 atom stereocenters. The fraction of sp³-hybridized carbons (Fsp3) is 0.935. The zero-order chi connectivity index (χ0) is 30.9. The van der Waals surface area contributed by atoms with Crippen LogP contribution in [0.5, 0.6) is 0 Å². The highest BCUT2D eigenvalue weighted by molar-refractivity contribution is 6.03. The fourth-order valence-corrected chi connectivity index (χ4v) is 6.67. The largest absolute Gasteiger partial charge is 0.463 e. The standard InChI is InChI=1S/C31H57N3O7/c1-19(2)34-16-22(17-34)24-18-39-29(37)30(5,6)25(35)13-26(31(7,38-11)14-20(3)15-33(24)10)41-28-27(36)23(32(8)9)12-21(4)40-28/h19-24,26-28,36H,12-18H2,1-11H3/t20-,21-,23+,24?,26-,27-,28+,31-/m1/s1. The molecule has 0 bridgehead atoms. The molecule has 1 N–H and O–H groups in total. The first-order valence-electron chi connectivity index (χ1n) is 15.4. The van der Waals surface area contributed by atoms with Gasteiger partial charge in [0.25, 0.3) is 0 Å². The van der Waals surface area contributed by atoms with Crippen LogP contribution in [0, 0.1) is 17.3 Å². The van der Waals surface area contributed by atoms with Gasteiger partial charge in [0, 0.05) is 57.2 Å². The number of likely N-dealkylation sites (N-methyl/N-ethyl adjacent to an activating group) is 2. The number of carbonyl (C=O) groups is 2. The maximum Gasteiger partial charge on any atom is 0.319 e. The summed E-state index contributed by atoms with van der Waals surface area (Å²) >= 11 is 0. The SMILES string of the molecule is CO[C@]1(C)C[C@@H](C)CN(C)C(C2CN(C(C)C)C2)COC(=O)C(C)(C)C(=O)C[C@H]1O[C@@H]1O[C@H](C)C[C@H](N(C)C)[C@H]1O. The number of likely N-dealkylation sites (tertiary alicyclic amines) is 1. The molecule has 3 aliphatic heterocycles. The van der Waals surface area contributed by atoms with E-state index in [0.717, 1.165) is 19.6 Å². The number of hydrogen-bond donors (Lipinski definition) is 1. The molecule has 0 aromatic carbocycles. The van der Waals surface area contributed by atoms with Gasteiger partial charge in [0.05, 0.1) is 17.8 Å². The number of nitrogens with zero attached hydrogens (tertiary/aromatic N) is 3. The van der Waals surface area contributed by atoms with E-state index in [1.807, 2.05) is 32.8 Å². The minimum absolute atomic E-state index is 0.0548. The fourth-order valence-electron chi connectivity index (χ4n) is 6.67.